The van der Waals surface area contributed by atoms with Crippen LogP contribution in [0.15, 0.2) is 42.9 Å². The molecule has 4 N–H and O–H groups in total. The molecule has 0 unspecified atom stereocenters. The lowest BCUT2D eigenvalue weighted by Crippen LogP contribution is -2.39. The van der Waals surface area contributed by atoms with Gasteiger partial charge in [-0.2, -0.15) is 5.10 Å². The van der Waals surface area contributed by atoms with Gasteiger partial charge in [0.05, 0.1) is 17.2 Å². The summed E-state index contributed by atoms with van der Waals surface area (Å²) in [5.74, 6) is 2.09. The molecule has 0 atom stereocenters. The number of amidine groups is 1. The Morgan fingerprint density at radius 1 is 1.13 bits per heavy atom. The zero-order valence-electron chi connectivity index (χ0n) is 18.1. The van der Waals surface area contributed by atoms with Crippen LogP contribution < -0.4 is 16.0 Å². The molecule has 0 aromatic carbocycles. The van der Waals surface area contributed by atoms with Gasteiger partial charge < -0.3 is 16.0 Å². The highest BCUT2D eigenvalue weighted by atomic mass is 15.2. The van der Waals surface area contributed by atoms with Crippen molar-refractivity contribution >= 4 is 34.1 Å². The van der Waals surface area contributed by atoms with Gasteiger partial charge in [-0.05, 0) is 55.0 Å². The molecule has 3 aromatic heterocycles. The summed E-state index contributed by atoms with van der Waals surface area (Å²) >= 11 is 0. The lowest BCUT2D eigenvalue weighted by molar-refractivity contribution is 0.384. The topological polar surface area (TPSA) is 112 Å². The first-order chi connectivity index (χ1) is 15.0. The van der Waals surface area contributed by atoms with Crippen LogP contribution in [0.1, 0.15) is 50.2 Å². The average molecular weight is 417 g/mol. The van der Waals surface area contributed by atoms with Gasteiger partial charge in [-0.15, -0.1) is 5.10 Å². The van der Waals surface area contributed by atoms with Crippen LogP contribution in [-0.4, -0.2) is 39.1 Å². The normalized spacial score (nSPS) is 14.4. The second-order valence-electron chi connectivity index (χ2n) is 8.11. The standard InChI is InChI=1S/C23H28N8/c1-14(2)15-10-22(31-27-12-15)30-21-8-7-19-20(29-21)9-16(11-26-19)18(13-25-3)23(24)28-17-5-4-6-17/h7-14,17,25H,4-6H2,1-3H3,(H2,24,28)(H,29,30,31)/b18-13-. The zero-order valence-corrected chi connectivity index (χ0v) is 18.1. The number of hydrogen-bond acceptors (Lipinski definition) is 7. The van der Waals surface area contributed by atoms with Crippen molar-refractivity contribution in [1.29, 1.82) is 5.41 Å². The average Bonchev–Trinajstić information content (AvgIpc) is 2.74. The SMILES string of the molecule is CN/C=C(\C(=N)NC1CCC1)c1cnc2ccc(Nc3cc(C(C)C)cnn3)nc2c1. The van der Waals surface area contributed by atoms with E-state index in [1.165, 1.54) is 6.42 Å². The van der Waals surface area contributed by atoms with Crippen molar-refractivity contribution in [2.24, 2.45) is 0 Å². The van der Waals surface area contributed by atoms with Gasteiger partial charge in [0.25, 0.3) is 0 Å². The number of rotatable bonds is 7. The molecule has 0 radical (unpaired) electrons. The molecule has 1 aliphatic rings. The predicted octanol–water partition coefficient (Wildman–Crippen LogP) is 3.97. The molecule has 31 heavy (non-hydrogen) atoms. The van der Waals surface area contributed by atoms with Crippen molar-refractivity contribution in [2.45, 2.75) is 45.1 Å². The van der Waals surface area contributed by atoms with E-state index in [4.69, 9.17) is 10.4 Å². The van der Waals surface area contributed by atoms with Crippen LogP contribution in [0.25, 0.3) is 16.6 Å². The number of fused-ring (bicyclic) bond motifs is 1. The first kappa shape index (κ1) is 20.7. The molecule has 1 aliphatic carbocycles. The molecule has 3 heterocycles. The molecule has 1 fully saturated rings. The van der Waals surface area contributed by atoms with Gasteiger partial charge in [-0.3, -0.25) is 10.4 Å². The maximum absolute atomic E-state index is 8.51. The van der Waals surface area contributed by atoms with E-state index in [2.05, 4.69) is 45.0 Å². The number of anilines is 2. The summed E-state index contributed by atoms with van der Waals surface area (Å²) in [7, 11) is 1.83. The maximum atomic E-state index is 8.51. The fourth-order valence-corrected chi connectivity index (χ4v) is 3.39. The Hall–Kier alpha value is -3.55. The molecule has 8 heteroatoms. The van der Waals surface area contributed by atoms with Gasteiger partial charge in [0, 0.05) is 36.6 Å². The number of pyridine rings is 2. The monoisotopic (exact) mass is 416 g/mol. The van der Waals surface area contributed by atoms with Crippen molar-refractivity contribution in [3.05, 3.63) is 54.0 Å². The number of nitrogens with one attached hydrogen (secondary N) is 4. The van der Waals surface area contributed by atoms with E-state index in [0.717, 1.165) is 40.6 Å². The van der Waals surface area contributed by atoms with Crippen LogP contribution in [-0.2, 0) is 0 Å². The molecule has 0 spiro atoms. The maximum Gasteiger partial charge on any atom is 0.154 e. The molecule has 0 amide bonds. The minimum Gasteiger partial charge on any atom is -0.393 e. The largest absolute Gasteiger partial charge is 0.393 e. The Bertz CT molecular complexity index is 1120. The van der Waals surface area contributed by atoms with E-state index in [-0.39, 0.29) is 0 Å². The summed E-state index contributed by atoms with van der Waals surface area (Å²) in [4.78, 5) is 9.27. The molecule has 1 saturated carbocycles. The second kappa shape index (κ2) is 9.07. The third kappa shape index (κ3) is 4.79. The van der Waals surface area contributed by atoms with Gasteiger partial charge >= 0.3 is 0 Å². The van der Waals surface area contributed by atoms with Crippen LogP contribution in [0.3, 0.4) is 0 Å². The van der Waals surface area contributed by atoms with Crippen LogP contribution in [0.2, 0.25) is 0 Å². The third-order valence-corrected chi connectivity index (χ3v) is 5.46. The molecule has 4 rings (SSSR count). The van der Waals surface area contributed by atoms with Crippen molar-refractivity contribution in [3.8, 4) is 0 Å². The fraction of sp³-hybridized carbons (Fsp3) is 0.348. The second-order valence-corrected chi connectivity index (χ2v) is 8.11. The summed E-state index contributed by atoms with van der Waals surface area (Å²) < 4.78 is 0. The van der Waals surface area contributed by atoms with Crippen LogP contribution >= 0.6 is 0 Å². The number of aromatic nitrogens is 4. The van der Waals surface area contributed by atoms with E-state index < -0.39 is 0 Å². The van der Waals surface area contributed by atoms with Gasteiger partial charge in [0.1, 0.15) is 11.7 Å². The quantitative estimate of drug-likeness (QED) is 0.341. The van der Waals surface area contributed by atoms with Gasteiger partial charge in [-0.25, -0.2) is 4.98 Å². The minimum absolute atomic E-state index is 0.369. The molecular weight excluding hydrogens is 388 g/mol. The van der Waals surface area contributed by atoms with E-state index >= 15 is 0 Å². The van der Waals surface area contributed by atoms with Crippen LogP contribution in [0, 0.1) is 5.41 Å². The smallest absolute Gasteiger partial charge is 0.154 e. The van der Waals surface area contributed by atoms with Gasteiger partial charge in [0.15, 0.2) is 5.82 Å². The number of nitrogens with zero attached hydrogens (tertiary/aromatic N) is 4. The summed E-state index contributed by atoms with van der Waals surface area (Å²) in [5.41, 5.74) is 4.25. The first-order valence-corrected chi connectivity index (χ1v) is 10.6. The Labute approximate surface area is 182 Å². The zero-order chi connectivity index (χ0) is 21.8. The molecule has 3 aromatic rings. The highest BCUT2D eigenvalue weighted by Crippen LogP contribution is 2.24. The Morgan fingerprint density at radius 3 is 2.68 bits per heavy atom. The van der Waals surface area contributed by atoms with Crippen molar-refractivity contribution < 1.29 is 0 Å². The van der Waals surface area contributed by atoms with E-state index in [1.54, 1.807) is 12.4 Å². The third-order valence-electron chi connectivity index (χ3n) is 5.46. The highest BCUT2D eigenvalue weighted by Gasteiger charge is 2.20. The van der Waals surface area contributed by atoms with Gasteiger partial charge in [0.2, 0.25) is 0 Å². The van der Waals surface area contributed by atoms with Crippen LogP contribution in [0.5, 0.6) is 0 Å². The molecule has 0 saturated heterocycles. The first-order valence-electron chi connectivity index (χ1n) is 10.6. The van der Waals surface area contributed by atoms with Crippen LogP contribution in [0.4, 0.5) is 11.6 Å². The van der Waals surface area contributed by atoms with Crippen molar-refractivity contribution in [1.82, 2.24) is 30.8 Å². The van der Waals surface area contributed by atoms with Crippen molar-refractivity contribution in [3.63, 3.8) is 0 Å². The fourth-order valence-electron chi connectivity index (χ4n) is 3.39. The molecular formula is C23H28N8. The minimum atomic E-state index is 0.369. The highest BCUT2D eigenvalue weighted by molar-refractivity contribution is 6.21. The predicted molar refractivity (Wildman–Crippen MR) is 124 cm³/mol. The summed E-state index contributed by atoms with van der Waals surface area (Å²) in [5, 5.41) is 26.3. The Morgan fingerprint density at radius 2 is 1.97 bits per heavy atom. The molecule has 8 nitrogen and oxygen atoms in total. The molecule has 0 aliphatic heterocycles. The lowest BCUT2D eigenvalue weighted by atomic mass is 9.92. The summed E-state index contributed by atoms with van der Waals surface area (Å²) in [6.45, 7) is 4.24. The van der Waals surface area contributed by atoms with Crippen molar-refractivity contribution in [2.75, 3.05) is 12.4 Å². The molecule has 0 bridgehead atoms. The van der Waals surface area contributed by atoms with E-state index in [9.17, 15) is 0 Å². The lowest BCUT2D eigenvalue weighted by Gasteiger charge is -2.28. The Balaban J connectivity index is 1.61. The number of hydrogen-bond donors (Lipinski definition) is 4. The van der Waals surface area contributed by atoms with E-state index in [1.807, 2.05) is 37.5 Å². The summed E-state index contributed by atoms with van der Waals surface area (Å²) in [6.07, 6.45) is 8.84. The van der Waals surface area contributed by atoms with Gasteiger partial charge in [-0.1, -0.05) is 13.8 Å². The van der Waals surface area contributed by atoms with E-state index in [0.29, 0.717) is 29.4 Å². The molecule has 160 valence electrons. The summed E-state index contributed by atoms with van der Waals surface area (Å²) in [6, 6.07) is 8.14. The Kier molecular flexibility index (Phi) is 6.06.